The topological polar surface area (TPSA) is 65.1 Å². The standard InChI is InChI=1S/C9H18N4O/c1-4-7(12-10)9-8(14-3)6-11-13(9)5-2/h6-7,12H,4-5,10H2,1-3H3. The molecule has 1 atom stereocenters. The Labute approximate surface area is 84.2 Å². The fraction of sp³-hybridized carbons (Fsp3) is 0.667. The lowest BCUT2D eigenvalue weighted by Crippen LogP contribution is -2.29. The van der Waals surface area contributed by atoms with E-state index in [-0.39, 0.29) is 6.04 Å². The zero-order valence-electron chi connectivity index (χ0n) is 8.95. The molecule has 0 aliphatic carbocycles. The third kappa shape index (κ3) is 1.88. The third-order valence-electron chi connectivity index (χ3n) is 2.30. The smallest absolute Gasteiger partial charge is 0.161 e. The van der Waals surface area contributed by atoms with E-state index in [4.69, 9.17) is 10.6 Å². The molecule has 14 heavy (non-hydrogen) atoms. The summed E-state index contributed by atoms with van der Waals surface area (Å²) >= 11 is 0. The van der Waals surface area contributed by atoms with Gasteiger partial charge < -0.3 is 4.74 Å². The van der Waals surface area contributed by atoms with Crippen molar-refractivity contribution >= 4 is 0 Å². The molecule has 0 fully saturated rings. The normalized spacial score (nSPS) is 12.9. The van der Waals surface area contributed by atoms with Gasteiger partial charge in [0, 0.05) is 6.54 Å². The molecule has 3 N–H and O–H groups in total. The van der Waals surface area contributed by atoms with Crippen LogP contribution in [0, 0.1) is 0 Å². The van der Waals surface area contributed by atoms with Crippen LogP contribution in [0.2, 0.25) is 0 Å². The first-order chi connectivity index (χ1) is 6.78. The van der Waals surface area contributed by atoms with Gasteiger partial charge in [0.15, 0.2) is 5.75 Å². The average Bonchev–Trinajstić information content (AvgIpc) is 2.63. The van der Waals surface area contributed by atoms with E-state index < -0.39 is 0 Å². The van der Waals surface area contributed by atoms with Crippen molar-refractivity contribution in [2.45, 2.75) is 32.9 Å². The molecule has 0 amide bonds. The van der Waals surface area contributed by atoms with E-state index in [1.165, 1.54) is 0 Å². The van der Waals surface area contributed by atoms with Crippen LogP contribution in [0.3, 0.4) is 0 Å². The van der Waals surface area contributed by atoms with E-state index in [0.29, 0.717) is 0 Å². The molecule has 1 heterocycles. The number of ether oxygens (including phenoxy) is 1. The summed E-state index contributed by atoms with van der Waals surface area (Å²) in [6.07, 6.45) is 2.62. The Hall–Kier alpha value is -1.07. The van der Waals surface area contributed by atoms with Gasteiger partial charge in [-0.15, -0.1) is 0 Å². The molecule has 0 aromatic carbocycles. The predicted molar refractivity (Wildman–Crippen MR) is 54.8 cm³/mol. The van der Waals surface area contributed by atoms with E-state index in [1.54, 1.807) is 13.3 Å². The number of hydrogen-bond donors (Lipinski definition) is 2. The van der Waals surface area contributed by atoms with Crippen molar-refractivity contribution in [1.82, 2.24) is 15.2 Å². The van der Waals surface area contributed by atoms with Crippen LogP contribution in [-0.2, 0) is 6.54 Å². The second-order valence-corrected chi connectivity index (χ2v) is 3.04. The highest BCUT2D eigenvalue weighted by Gasteiger charge is 2.18. The molecule has 0 radical (unpaired) electrons. The molecule has 80 valence electrons. The lowest BCUT2D eigenvalue weighted by molar-refractivity contribution is 0.389. The molecule has 1 aromatic heterocycles. The van der Waals surface area contributed by atoms with Crippen molar-refractivity contribution in [3.63, 3.8) is 0 Å². The van der Waals surface area contributed by atoms with E-state index in [2.05, 4.69) is 17.4 Å². The summed E-state index contributed by atoms with van der Waals surface area (Å²) in [5, 5.41) is 4.22. The monoisotopic (exact) mass is 198 g/mol. The van der Waals surface area contributed by atoms with Crippen molar-refractivity contribution in [1.29, 1.82) is 0 Å². The van der Waals surface area contributed by atoms with Crippen molar-refractivity contribution in [2.24, 2.45) is 5.84 Å². The molecule has 5 heteroatoms. The van der Waals surface area contributed by atoms with Crippen LogP contribution in [0.25, 0.3) is 0 Å². The zero-order valence-corrected chi connectivity index (χ0v) is 8.95. The fourth-order valence-corrected chi connectivity index (χ4v) is 1.53. The van der Waals surface area contributed by atoms with Crippen molar-refractivity contribution in [2.75, 3.05) is 7.11 Å². The number of nitrogens with one attached hydrogen (secondary N) is 1. The van der Waals surface area contributed by atoms with E-state index in [9.17, 15) is 0 Å². The van der Waals surface area contributed by atoms with Crippen molar-refractivity contribution in [3.05, 3.63) is 11.9 Å². The van der Waals surface area contributed by atoms with Gasteiger partial charge in [0.1, 0.15) is 0 Å². The van der Waals surface area contributed by atoms with Crippen LogP contribution in [0.5, 0.6) is 5.75 Å². The maximum atomic E-state index is 5.48. The minimum Gasteiger partial charge on any atom is -0.493 e. The van der Waals surface area contributed by atoms with Gasteiger partial charge in [-0.05, 0) is 13.3 Å². The molecule has 5 nitrogen and oxygen atoms in total. The number of hydrazine groups is 1. The zero-order chi connectivity index (χ0) is 10.6. The summed E-state index contributed by atoms with van der Waals surface area (Å²) in [5.41, 5.74) is 3.78. The number of rotatable bonds is 5. The minimum absolute atomic E-state index is 0.0902. The number of aromatic nitrogens is 2. The number of aryl methyl sites for hydroxylation is 1. The SMILES string of the molecule is CCC(NN)c1c(OC)cnn1CC. The molecular formula is C9H18N4O. The number of nitrogens with zero attached hydrogens (tertiary/aromatic N) is 2. The molecule has 1 aromatic rings. The minimum atomic E-state index is 0.0902. The first kappa shape index (κ1) is 11.0. The van der Waals surface area contributed by atoms with Crippen molar-refractivity contribution < 1.29 is 4.74 Å². The highest BCUT2D eigenvalue weighted by atomic mass is 16.5. The van der Waals surface area contributed by atoms with Gasteiger partial charge in [-0.3, -0.25) is 16.0 Å². The van der Waals surface area contributed by atoms with Gasteiger partial charge in [0.25, 0.3) is 0 Å². The molecule has 0 aliphatic heterocycles. The number of hydrogen-bond acceptors (Lipinski definition) is 4. The fourth-order valence-electron chi connectivity index (χ4n) is 1.53. The Balaban J connectivity index is 3.06. The molecule has 0 saturated carbocycles. The summed E-state index contributed by atoms with van der Waals surface area (Å²) in [6, 6.07) is 0.0902. The maximum absolute atomic E-state index is 5.48. The Morgan fingerprint density at radius 1 is 1.64 bits per heavy atom. The van der Waals surface area contributed by atoms with Gasteiger partial charge in [0.2, 0.25) is 0 Å². The van der Waals surface area contributed by atoms with Crippen LogP contribution >= 0.6 is 0 Å². The first-order valence-corrected chi connectivity index (χ1v) is 4.84. The summed E-state index contributed by atoms with van der Waals surface area (Å²) in [7, 11) is 1.64. The van der Waals surface area contributed by atoms with Gasteiger partial charge in [-0.25, -0.2) is 0 Å². The second kappa shape index (κ2) is 4.97. The molecule has 0 spiro atoms. The van der Waals surface area contributed by atoms with Gasteiger partial charge in [0.05, 0.1) is 25.0 Å². The van der Waals surface area contributed by atoms with Crippen LogP contribution in [-0.4, -0.2) is 16.9 Å². The highest BCUT2D eigenvalue weighted by Crippen LogP contribution is 2.26. The highest BCUT2D eigenvalue weighted by molar-refractivity contribution is 5.28. The molecule has 1 rings (SSSR count). The van der Waals surface area contributed by atoms with Crippen molar-refractivity contribution in [3.8, 4) is 5.75 Å². The Morgan fingerprint density at radius 3 is 2.79 bits per heavy atom. The lowest BCUT2D eigenvalue weighted by Gasteiger charge is -2.16. The largest absolute Gasteiger partial charge is 0.493 e. The van der Waals surface area contributed by atoms with Gasteiger partial charge in [-0.2, -0.15) is 5.10 Å². The molecular weight excluding hydrogens is 180 g/mol. The summed E-state index contributed by atoms with van der Waals surface area (Å²) < 4.78 is 7.13. The number of methoxy groups -OCH3 is 1. The molecule has 0 bridgehead atoms. The molecule has 1 unspecified atom stereocenters. The van der Waals surface area contributed by atoms with Crippen LogP contribution in [0.4, 0.5) is 0 Å². The summed E-state index contributed by atoms with van der Waals surface area (Å²) in [6.45, 7) is 4.92. The lowest BCUT2D eigenvalue weighted by atomic mass is 10.1. The van der Waals surface area contributed by atoms with Crippen LogP contribution in [0.15, 0.2) is 6.20 Å². The Kier molecular flexibility index (Phi) is 3.91. The van der Waals surface area contributed by atoms with E-state index in [0.717, 1.165) is 24.4 Å². The maximum Gasteiger partial charge on any atom is 0.161 e. The average molecular weight is 198 g/mol. The molecule has 0 aliphatic rings. The predicted octanol–water partition coefficient (Wildman–Crippen LogP) is 0.826. The quantitative estimate of drug-likeness (QED) is 0.543. The summed E-state index contributed by atoms with van der Waals surface area (Å²) in [4.78, 5) is 0. The van der Waals surface area contributed by atoms with Gasteiger partial charge in [-0.1, -0.05) is 6.92 Å². The second-order valence-electron chi connectivity index (χ2n) is 3.04. The van der Waals surface area contributed by atoms with E-state index >= 15 is 0 Å². The van der Waals surface area contributed by atoms with Crippen LogP contribution < -0.4 is 16.0 Å². The third-order valence-corrected chi connectivity index (χ3v) is 2.30. The summed E-state index contributed by atoms with van der Waals surface area (Å²) in [5.74, 6) is 6.26. The van der Waals surface area contributed by atoms with Crippen LogP contribution in [0.1, 0.15) is 32.0 Å². The Bertz CT molecular complexity index is 259. The first-order valence-electron chi connectivity index (χ1n) is 4.84. The van der Waals surface area contributed by atoms with E-state index in [1.807, 2.05) is 11.6 Å². The Morgan fingerprint density at radius 2 is 2.36 bits per heavy atom. The number of nitrogens with two attached hydrogens (primary N) is 1. The van der Waals surface area contributed by atoms with Gasteiger partial charge >= 0.3 is 0 Å². The molecule has 0 saturated heterocycles.